The monoisotopic (exact) mass is 245 g/mol. The number of rotatable bonds is 7. The zero-order valence-electron chi connectivity index (χ0n) is 10.7. The van der Waals surface area contributed by atoms with Crippen LogP contribution in [0, 0.1) is 0 Å². The molecule has 3 unspecified atom stereocenters. The fourth-order valence-corrected chi connectivity index (χ4v) is 3.40. The topological polar surface area (TPSA) is 32.3 Å². The summed E-state index contributed by atoms with van der Waals surface area (Å²) in [5.41, 5.74) is 0. The van der Waals surface area contributed by atoms with Crippen LogP contribution >= 0.6 is 11.8 Å². The molecule has 0 amide bonds. The lowest BCUT2D eigenvalue weighted by Gasteiger charge is -2.31. The Morgan fingerprint density at radius 3 is 2.81 bits per heavy atom. The van der Waals surface area contributed by atoms with Crippen LogP contribution in [0.3, 0.4) is 0 Å². The molecule has 0 aromatic rings. The predicted molar refractivity (Wildman–Crippen MR) is 73.1 cm³/mol. The van der Waals surface area contributed by atoms with Gasteiger partial charge >= 0.3 is 0 Å². The molecule has 1 fully saturated rings. The Bertz CT molecular complexity index is 177. The van der Waals surface area contributed by atoms with Gasteiger partial charge in [-0.3, -0.25) is 0 Å². The highest BCUT2D eigenvalue weighted by Crippen LogP contribution is 2.27. The molecule has 1 saturated carbocycles. The van der Waals surface area contributed by atoms with Crippen molar-refractivity contribution in [2.45, 2.75) is 69.3 Å². The lowest BCUT2D eigenvalue weighted by atomic mass is 9.94. The Labute approximate surface area is 105 Å². The summed E-state index contributed by atoms with van der Waals surface area (Å²) in [4.78, 5) is 0. The van der Waals surface area contributed by atoms with Gasteiger partial charge in [-0.1, -0.05) is 19.8 Å². The first-order chi connectivity index (χ1) is 7.77. The fraction of sp³-hybridized carbons (Fsp3) is 1.00. The van der Waals surface area contributed by atoms with Crippen molar-refractivity contribution in [2.24, 2.45) is 0 Å². The average Bonchev–Trinajstić information content (AvgIpc) is 2.34. The van der Waals surface area contributed by atoms with Gasteiger partial charge in [0.1, 0.15) is 0 Å². The molecule has 0 heterocycles. The molecule has 16 heavy (non-hydrogen) atoms. The number of hydrogen-bond donors (Lipinski definition) is 2. The van der Waals surface area contributed by atoms with Crippen LogP contribution in [0.25, 0.3) is 0 Å². The van der Waals surface area contributed by atoms with E-state index in [1.807, 2.05) is 18.7 Å². The minimum Gasteiger partial charge on any atom is -0.393 e. The van der Waals surface area contributed by atoms with Gasteiger partial charge in [0.2, 0.25) is 0 Å². The van der Waals surface area contributed by atoms with E-state index in [1.54, 1.807) is 0 Å². The number of nitrogens with one attached hydrogen (secondary N) is 1. The van der Waals surface area contributed by atoms with Crippen molar-refractivity contribution >= 4 is 11.8 Å². The van der Waals surface area contributed by atoms with E-state index in [2.05, 4.69) is 11.6 Å². The van der Waals surface area contributed by atoms with Crippen molar-refractivity contribution in [2.75, 3.05) is 12.8 Å². The Hall–Kier alpha value is 0.270. The van der Waals surface area contributed by atoms with Gasteiger partial charge in [0.15, 0.2) is 0 Å². The molecule has 1 aliphatic rings. The smallest absolute Gasteiger partial charge is 0.0538 e. The first kappa shape index (κ1) is 14.3. The lowest BCUT2D eigenvalue weighted by molar-refractivity contribution is 0.157. The number of aliphatic hydroxyl groups is 1. The second kappa shape index (κ2) is 8.37. The van der Waals surface area contributed by atoms with E-state index in [9.17, 15) is 5.11 Å². The van der Waals surface area contributed by atoms with Crippen molar-refractivity contribution in [1.82, 2.24) is 5.32 Å². The summed E-state index contributed by atoms with van der Waals surface area (Å²) < 4.78 is 0. The first-order valence-electron chi connectivity index (χ1n) is 6.72. The Morgan fingerprint density at radius 1 is 1.38 bits per heavy atom. The van der Waals surface area contributed by atoms with Crippen LogP contribution in [-0.4, -0.2) is 35.3 Å². The molecule has 3 atom stereocenters. The molecule has 0 saturated heterocycles. The van der Waals surface area contributed by atoms with E-state index in [4.69, 9.17) is 0 Å². The Kier molecular flexibility index (Phi) is 7.50. The third-order valence-corrected chi connectivity index (χ3v) is 4.77. The maximum Gasteiger partial charge on any atom is 0.0538 e. The van der Waals surface area contributed by atoms with Gasteiger partial charge in [0, 0.05) is 11.3 Å². The van der Waals surface area contributed by atoms with Crippen molar-refractivity contribution < 1.29 is 5.11 Å². The zero-order valence-corrected chi connectivity index (χ0v) is 11.6. The third kappa shape index (κ3) is 5.07. The molecule has 1 aliphatic carbocycles. The van der Waals surface area contributed by atoms with Crippen molar-refractivity contribution in [3.8, 4) is 0 Å². The molecule has 0 aromatic heterocycles. The summed E-state index contributed by atoms with van der Waals surface area (Å²) in [5, 5.41) is 13.9. The highest BCUT2D eigenvalue weighted by Gasteiger charge is 2.23. The standard InChI is InChI=1S/C13H27NOS/c1-3-11(15)7-6-10-14-12-8-4-5-9-13(12)16-2/h11-15H,3-10H2,1-2H3. The van der Waals surface area contributed by atoms with Crippen LogP contribution in [0.4, 0.5) is 0 Å². The maximum atomic E-state index is 9.46. The van der Waals surface area contributed by atoms with Gasteiger partial charge in [0.25, 0.3) is 0 Å². The molecule has 3 heteroatoms. The zero-order chi connectivity index (χ0) is 11.8. The number of aliphatic hydroxyl groups excluding tert-OH is 1. The molecule has 96 valence electrons. The van der Waals surface area contributed by atoms with E-state index in [1.165, 1.54) is 25.7 Å². The van der Waals surface area contributed by atoms with Gasteiger partial charge in [-0.05, 0) is 44.9 Å². The van der Waals surface area contributed by atoms with E-state index in [-0.39, 0.29) is 6.10 Å². The van der Waals surface area contributed by atoms with E-state index in [0.717, 1.165) is 31.1 Å². The van der Waals surface area contributed by atoms with Crippen LogP contribution < -0.4 is 5.32 Å². The summed E-state index contributed by atoms with van der Waals surface area (Å²) >= 11 is 2.01. The van der Waals surface area contributed by atoms with Crippen molar-refractivity contribution in [3.05, 3.63) is 0 Å². The van der Waals surface area contributed by atoms with Crippen LogP contribution in [-0.2, 0) is 0 Å². The molecular formula is C13H27NOS. The molecule has 0 spiro atoms. The first-order valence-corrected chi connectivity index (χ1v) is 8.01. The largest absolute Gasteiger partial charge is 0.393 e. The second-order valence-electron chi connectivity index (χ2n) is 4.82. The highest BCUT2D eigenvalue weighted by molar-refractivity contribution is 7.99. The summed E-state index contributed by atoms with van der Waals surface area (Å²) in [7, 11) is 0. The predicted octanol–water partition coefficient (Wildman–Crippen LogP) is 2.80. The normalized spacial score (nSPS) is 27.9. The summed E-state index contributed by atoms with van der Waals surface area (Å²) in [6.45, 7) is 3.11. The van der Waals surface area contributed by atoms with Gasteiger partial charge in [-0.2, -0.15) is 11.8 Å². The van der Waals surface area contributed by atoms with Crippen LogP contribution in [0.2, 0.25) is 0 Å². The van der Waals surface area contributed by atoms with Crippen LogP contribution in [0.5, 0.6) is 0 Å². The minimum absolute atomic E-state index is 0.0931. The number of thioether (sulfide) groups is 1. The second-order valence-corrected chi connectivity index (χ2v) is 5.90. The molecule has 0 radical (unpaired) electrons. The lowest BCUT2D eigenvalue weighted by Crippen LogP contribution is -2.40. The summed E-state index contributed by atoms with van der Waals surface area (Å²) in [6, 6.07) is 0.711. The summed E-state index contributed by atoms with van der Waals surface area (Å²) in [6.07, 6.45) is 10.6. The molecule has 0 aliphatic heterocycles. The van der Waals surface area contributed by atoms with E-state index >= 15 is 0 Å². The quantitative estimate of drug-likeness (QED) is 0.677. The Morgan fingerprint density at radius 2 is 2.12 bits per heavy atom. The van der Waals surface area contributed by atoms with Crippen LogP contribution in [0.1, 0.15) is 51.9 Å². The van der Waals surface area contributed by atoms with Gasteiger partial charge in [-0.15, -0.1) is 0 Å². The van der Waals surface area contributed by atoms with Crippen LogP contribution in [0.15, 0.2) is 0 Å². The van der Waals surface area contributed by atoms with Gasteiger partial charge in [-0.25, -0.2) is 0 Å². The maximum absolute atomic E-state index is 9.46. The van der Waals surface area contributed by atoms with E-state index in [0.29, 0.717) is 6.04 Å². The van der Waals surface area contributed by atoms with Gasteiger partial charge < -0.3 is 10.4 Å². The number of hydrogen-bond acceptors (Lipinski definition) is 3. The molecule has 2 nitrogen and oxygen atoms in total. The summed E-state index contributed by atoms with van der Waals surface area (Å²) in [5.74, 6) is 0. The molecule has 1 rings (SSSR count). The SMILES string of the molecule is CCC(O)CCCNC1CCCCC1SC. The average molecular weight is 245 g/mol. The van der Waals surface area contributed by atoms with E-state index < -0.39 is 0 Å². The molecule has 0 aromatic carbocycles. The molecule has 0 bridgehead atoms. The highest BCUT2D eigenvalue weighted by atomic mass is 32.2. The van der Waals surface area contributed by atoms with Gasteiger partial charge in [0.05, 0.1) is 6.10 Å². The minimum atomic E-state index is -0.0931. The van der Waals surface area contributed by atoms with Crippen molar-refractivity contribution in [3.63, 3.8) is 0 Å². The fourth-order valence-electron chi connectivity index (χ4n) is 2.44. The molecular weight excluding hydrogens is 218 g/mol. The van der Waals surface area contributed by atoms with Crippen molar-refractivity contribution in [1.29, 1.82) is 0 Å². The Balaban J connectivity index is 2.10. The molecule has 2 N–H and O–H groups in total. The third-order valence-electron chi connectivity index (χ3n) is 3.60.